The molecule has 0 aliphatic rings. The maximum atomic E-state index is 12.7. The summed E-state index contributed by atoms with van der Waals surface area (Å²) in [5, 5.41) is 2.02. The third kappa shape index (κ3) is 3.32. The number of aromatic amines is 1. The number of ether oxygens (including phenoxy) is 1. The number of thiophene rings is 1. The van der Waals surface area contributed by atoms with Crippen LogP contribution in [0.2, 0.25) is 0 Å². The molecule has 1 amide bonds. The van der Waals surface area contributed by atoms with E-state index < -0.39 is 5.97 Å². The lowest BCUT2D eigenvalue weighted by Gasteiger charge is -2.16. The molecule has 0 aliphatic carbocycles. The number of aryl methyl sites for hydroxylation is 2. The smallest absolute Gasteiger partial charge is 0.339 e. The minimum absolute atomic E-state index is 0.125. The van der Waals surface area contributed by atoms with Crippen molar-refractivity contribution in [2.75, 3.05) is 14.2 Å². The van der Waals surface area contributed by atoms with Gasteiger partial charge in [-0.05, 0) is 42.8 Å². The Morgan fingerprint density at radius 1 is 1.35 bits per heavy atom. The molecular formula is C17H22N2O3S. The van der Waals surface area contributed by atoms with Crippen LogP contribution in [0.25, 0.3) is 0 Å². The van der Waals surface area contributed by atoms with Crippen molar-refractivity contribution >= 4 is 23.2 Å². The normalized spacial score (nSPS) is 10.7. The average Bonchev–Trinajstić information content (AvgIpc) is 3.09. The highest BCUT2D eigenvalue weighted by molar-refractivity contribution is 7.10. The zero-order chi connectivity index (χ0) is 17.1. The van der Waals surface area contributed by atoms with Crippen LogP contribution in [0.4, 0.5) is 0 Å². The first-order chi connectivity index (χ1) is 10.9. The standard InChI is InChI=1S/C17H22N2O3S/c1-6-12-14(17(21)22-5)11(3)15(18-12)16(20)19(4)9-13-10(2)7-8-23-13/h7-8,18H,6,9H2,1-5H3. The van der Waals surface area contributed by atoms with E-state index in [1.807, 2.05) is 25.3 Å². The molecule has 124 valence electrons. The fourth-order valence-corrected chi connectivity index (χ4v) is 3.52. The van der Waals surface area contributed by atoms with E-state index in [4.69, 9.17) is 4.74 Å². The quantitative estimate of drug-likeness (QED) is 0.853. The summed E-state index contributed by atoms with van der Waals surface area (Å²) in [6, 6.07) is 2.04. The van der Waals surface area contributed by atoms with Gasteiger partial charge in [0.2, 0.25) is 0 Å². The van der Waals surface area contributed by atoms with Crippen molar-refractivity contribution in [2.45, 2.75) is 33.7 Å². The van der Waals surface area contributed by atoms with E-state index in [0.29, 0.717) is 29.8 Å². The van der Waals surface area contributed by atoms with Gasteiger partial charge in [0.15, 0.2) is 0 Å². The highest BCUT2D eigenvalue weighted by Crippen LogP contribution is 2.23. The topological polar surface area (TPSA) is 62.4 Å². The summed E-state index contributed by atoms with van der Waals surface area (Å²) in [6.07, 6.45) is 0.631. The molecule has 0 spiro atoms. The predicted octanol–water partition coefficient (Wildman–Crippen LogP) is 3.31. The Morgan fingerprint density at radius 2 is 2.04 bits per heavy atom. The molecule has 6 heteroatoms. The van der Waals surface area contributed by atoms with Crippen LogP contribution in [-0.4, -0.2) is 35.9 Å². The number of methoxy groups -OCH3 is 1. The van der Waals surface area contributed by atoms with Crippen LogP contribution in [0.3, 0.4) is 0 Å². The van der Waals surface area contributed by atoms with Crippen molar-refractivity contribution in [1.29, 1.82) is 0 Å². The monoisotopic (exact) mass is 334 g/mol. The van der Waals surface area contributed by atoms with Gasteiger partial charge in [0, 0.05) is 17.6 Å². The zero-order valence-electron chi connectivity index (χ0n) is 14.1. The number of nitrogens with zero attached hydrogens (tertiary/aromatic N) is 1. The van der Waals surface area contributed by atoms with Gasteiger partial charge in [0.05, 0.1) is 19.2 Å². The number of H-pyrrole nitrogens is 1. The van der Waals surface area contributed by atoms with E-state index in [0.717, 1.165) is 10.6 Å². The summed E-state index contributed by atoms with van der Waals surface area (Å²) >= 11 is 1.64. The second-order valence-electron chi connectivity index (χ2n) is 5.51. The molecule has 5 nitrogen and oxygen atoms in total. The third-order valence-electron chi connectivity index (χ3n) is 3.98. The molecule has 2 aromatic rings. The van der Waals surface area contributed by atoms with Crippen LogP contribution >= 0.6 is 11.3 Å². The average molecular weight is 334 g/mol. The summed E-state index contributed by atoms with van der Waals surface area (Å²) in [5.74, 6) is -0.536. The lowest BCUT2D eigenvalue weighted by molar-refractivity contribution is 0.0599. The Bertz CT molecular complexity index is 730. The summed E-state index contributed by atoms with van der Waals surface area (Å²) in [4.78, 5) is 30.6. The Balaban J connectivity index is 2.30. The van der Waals surface area contributed by atoms with E-state index in [2.05, 4.69) is 4.98 Å². The summed E-state index contributed by atoms with van der Waals surface area (Å²) in [5.41, 5.74) is 3.49. The van der Waals surface area contributed by atoms with Crippen LogP contribution in [0.1, 0.15) is 49.5 Å². The maximum absolute atomic E-state index is 12.7. The first-order valence-corrected chi connectivity index (χ1v) is 8.36. The van der Waals surface area contributed by atoms with Crippen LogP contribution in [0.15, 0.2) is 11.4 Å². The molecule has 0 fully saturated rings. The van der Waals surface area contributed by atoms with Crippen molar-refractivity contribution in [3.8, 4) is 0 Å². The Morgan fingerprint density at radius 3 is 2.57 bits per heavy atom. The highest BCUT2D eigenvalue weighted by Gasteiger charge is 2.25. The van der Waals surface area contributed by atoms with Gasteiger partial charge >= 0.3 is 5.97 Å². The molecule has 0 saturated heterocycles. The van der Waals surface area contributed by atoms with Gasteiger partial charge < -0.3 is 14.6 Å². The van der Waals surface area contributed by atoms with Crippen molar-refractivity contribution in [3.05, 3.63) is 44.4 Å². The van der Waals surface area contributed by atoms with Crippen molar-refractivity contribution in [1.82, 2.24) is 9.88 Å². The number of esters is 1. The third-order valence-corrected chi connectivity index (χ3v) is 4.99. The van der Waals surface area contributed by atoms with Crippen molar-refractivity contribution < 1.29 is 14.3 Å². The van der Waals surface area contributed by atoms with Gasteiger partial charge in [-0.25, -0.2) is 4.79 Å². The molecule has 1 N–H and O–H groups in total. The van der Waals surface area contributed by atoms with E-state index in [1.165, 1.54) is 12.7 Å². The molecular weight excluding hydrogens is 312 g/mol. The number of rotatable bonds is 5. The predicted molar refractivity (Wildman–Crippen MR) is 91.1 cm³/mol. The molecule has 2 rings (SSSR count). The minimum Gasteiger partial charge on any atom is -0.465 e. The zero-order valence-corrected chi connectivity index (χ0v) is 15.0. The van der Waals surface area contributed by atoms with E-state index in [9.17, 15) is 9.59 Å². The summed E-state index contributed by atoms with van der Waals surface area (Å²) in [7, 11) is 3.12. The molecule has 2 heterocycles. The Kier molecular flexibility index (Phi) is 5.26. The second-order valence-corrected chi connectivity index (χ2v) is 6.51. The molecule has 0 aliphatic heterocycles. The molecule has 0 unspecified atom stereocenters. The van der Waals surface area contributed by atoms with E-state index >= 15 is 0 Å². The molecule has 0 atom stereocenters. The van der Waals surface area contributed by atoms with Crippen LogP contribution in [0, 0.1) is 13.8 Å². The number of amides is 1. The number of nitrogens with one attached hydrogen (secondary N) is 1. The van der Waals surface area contributed by atoms with E-state index in [1.54, 1.807) is 30.2 Å². The summed E-state index contributed by atoms with van der Waals surface area (Å²) < 4.78 is 4.83. The van der Waals surface area contributed by atoms with Gasteiger partial charge in [-0.1, -0.05) is 6.92 Å². The highest BCUT2D eigenvalue weighted by atomic mass is 32.1. The number of carbonyl (C=O) groups is 2. The Hall–Kier alpha value is -2.08. The number of hydrogen-bond donors (Lipinski definition) is 1. The molecule has 2 aromatic heterocycles. The molecule has 0 saturated carbocycles. The number of carbonyl (C=O) groups excluding carboxylic acids is 2. The lowest BCUT2D eigenvalue weighted by Crippen LogP contribution is -2.27. The molecule has 23 heavy (non-hydrogen) atoms. The lowest BCUT2D eigenvalue weighted by atomic mass is 10.1. The SMILES string of the molecule is CCc1[nH]c(C(=O)N(C)Cc2sccc2C)c(C)c1C(=O)OC. The first-order valence-electron chi connectivity index (χ1n) is 7.48. The Labute approximate surface area is 140 Å². The fraction of sp³-hybridized carbons (Fsp3) is 0.412. The molecule has 0 radical (unpaired) electrons. The van der Waals surface area contributed by atoms with Gasteiger partial charge in [0.25, 0.3) is 5.91 Å². The van der Waals surface area contributed by atoms with Gasteiger partial charge in [0.1, 0.15) is 5.69 Å². The number of aromatic nitrogens is 1. The minimum atomic E-state index is -0.411. The van der Waals surface area contributed by atoms with Crippen molar-refractivity contribution in [2.24, 2.45) is 0 Å². The fourth-order valence-electron chi connectivity index (χ4n) is 2.56. The van der Waals surface area contributed by atoms with Crippen LogP contribution in [-0.2, 0) is 17.7 Å². The maximum Gasteiger partial charge on any atom is 0.339 e. The number of hydrogen-bond acceptors (Lipinski definition) is 4. The van der Waals surface area contributed by atoms with Gasteiger partial charge in [-0.2, -0.15) is 0 Å². The van der Waals surface area contributed by atoms with Crippen LogP contribution in [0.5, 0.6) is 0 Å². The molecule has 0 aromatic carbocycles. The van der Waals surface area contributed by atoms with Crippen LogP contribution < -0.4 is 0 Å². The first kappa shape index (κ1) is 17.3. The van der Waals surface area contributed by atoms with E-state index in [-0.39, 0.29) is 5.91 Å². The second kappa shape index (κ2) is 7.00. The van der Waals surface area contributed by atoms with Crippen molar-refractivity contribution in [3.63, 3.8) is 0 Å². The van der Waals surface area contributed by atoms with Gasteiger partial charge in [-0.15, -0.1) is 11.3 Å². The summed E-state index contributed by atoms with van der Waals surface area (Å²) in [6.45, 7) is 6.30. The largest absolute Gasteiger partial charge is 0.465 e. The van der Waals surface area contributed by atoms with Gasteiger partial charge in [-0.3, -0.25) is 4.79 Å². The molecule has 0 bridgehead atoms.